The maximum absolute atomic E-state index is 13.3. The molecule has 2 aromatic carbocycles. The molecule has 0 aromatic heterocycles. The van der Waals surface area contributed by atoms with Crippen LogP contribution in [0.15, 0.2) is 59.5 Å². The minimum Gasteiger partial charge on any atom is -0.473 e. The van der Waals surface area contributed by atoms with Gasteiger partial charge in [-0.2, -0.15) is 0 Å². The van der Waals surface area contributed by atoms with E-state index in [2.05, 4.69) is 31.4 Å². The first-order valence-corrected chi connectivity index (χ1v) is 15.1. The molecular weight excluding hydrogens is 472 g/mol. The second-order valence-electron chi connectivity index (χ2n) is 9.64. The summed E-state index contributed by atoms with van der Waals surface area (Å²) in [6.07, 6.45) is 5.85. The van der Waals surface area contributed by atoms with Gasteiger partial charge < -0.3 is 9.16 Å². The van der Waals surface area contributed by atoms with Crippen LogP contribution in [-0.4, -0.2) is 39.9 Å². The summed E-state index contributed by atoms with van der Waals surface area (Å²) in [6.45, 7) is 11.8. The highest BCUT2D eigenvalue weighted by atomic mass is 32.2. The molecule has 0 aliphatic heterocycles. The van der Waals surface area contributed by atoms with Crippen molar-refractivity contribution < 1.29 is 22.5 Å². The molecule has 8 nitrogen and oxygen atoms in total. The van der Waals surface area contributed by atoms with Crippen LogP contribution < -0.4 is 9.46 Å². The van der Waals surface area contributed by atoms with Crippen molar-refractivity contribution >= 4 is 24.0 Å². The van der Waals surface area contributed by atoms with Crippen LogP contribution in [0.5, 0.6) is 5.75 Å². The smallest absolute Gasteiger partial charge is 0.289 e. The van der Waals surface area contributed by atoms with E-state index in [1.807, 2.05) is 19.2 Å². The Kier molecular flexibility index (Phi) is 8.32. The number of ether oxygens (including phenoxy) is 1. The molecule has 0 amide bonds. The Hall–Kier alpha value is -2.71. The van der Waals surface area contributed by atoms with Crippen LogP contribution in [-0.2, 0) is 14.4 Å². The summed E-state index contributed by atoms with van der Waals surface area (Å²) in [6, 6.07) is 12.9. The molecule has 1 N–H and O–H groups in total. The van der Waals surface area contributed by atoms with E-state index in [9.17, 15) is 18.5 Å². The number of para-hydroxylation sites is 2. The summed E-state index contributed by atoms with van der Waals surface area (Å²) in [4.78, 5) is 10.3. The third kappa shape index (κ3) is 6.45. The second kappa shape index (κ2) is 10.3. The molecule has 0 aliphatic carbocycles. The molecule has 0 spiro atoms. The van der Waals surface area contributed by atoms with Crippen molar-refractivity contribution in [1.29, 1.82) is 0 Å². The fraction of sp³-hybridized carbons (Fsp3) is 0.417. The molecule has 2 aromatic rings. The van der Waals surface area contributed by atoms with Crippen molar-refractivity contribution in [2.75, 3.05) is 6.61 Å². The van der Waals surface area contributed by atoms with E-state index in [-0.39, 0.29) is 11.6 Å². The van der Waals surface area contributed by atoms with Crippen molar-refractivity contribution in [1.82, 2.24) is 4.72 Å². The summed E-state index contributed by atoms with van der Waals surface area (Å²) in [5.74, 6) is 3.02. The van der Waals surface area contributed by atoms with Crippen LogP contribution in [0, 0.1) is 22.5 Å². The second-order valence-corrected chi connectivity index (χ2v) is 16.1. The minimum atomic E-state index is -4.36. The van der Waals surface area contributed by atoms with Crippen molar-refractivity contribution in [3.05, 3.63) is 64.7 Å². The normalized spacial score (nSPS) is 15.1. The van der Waals surface area contributed by atoms with E-state index in [1.54, 1.807) is 31.2 Å². The first-order chi connectivity index (χ1) is 15.6. The largest absolute Gasteiger partial charge is 0.473 e. The number of hydrogen-bond acceptors (Lipinski definition) is 6. The van der Waals surface area contributed by atoms with Gasteiger partial charge in [0.15, 0.2) is 18.8 Å². The Morgan fingerprint density at radius 3 is 2.18 bits per heavy atom. The molecule has 0 saturated carbocycles. The Morgan fingerprint density at radius 1 is 1.09 bits per heavy atom. The van der Waals surface area contributed by atoms with Gasteiger partial charge in [0.1, 0.15) is 5.75 Å². The molecule has 0 radical (unpaired) electrons. The number of nitro groups is 1. The molecule has 34 heavy (non-hydrogen) atoms. The van der Waals surface area contributed by atoms with Crippen molar-refractivity contribution in [3.63, 3.8) is 0 Å². The highest BCUT2D eigenvalue weighted by Gasteiger charge is 2.43. The summed E-state index contributed by atoms with van der Waals surface area (Å²) in [5, 5.41) is 11.3. The van der Waals surface area contributed by atoms with Crippen LogP contribution in [0.25, 0.3) is 0 Å². The maximum atomic E-state index is 13.3. The highest BCUT2D eigenvalue weighted by molar-refractivity contribution is 7.89. The number of hydrogen-bond donors (Lipinski definition) is 1. The number of rotatable bonds is 10. The summed E-state index contributed by atoms with van der Waals surface area (Å²) < 4.78 is 41.5. The molecule has 0 aliphatic rings. The van der Waals surface area contributed by atoms with E-state index in [0.29, 0.717) is 5.75 Å². The maximum Gasteiger partial charge on any atom is 0.289 e. The lowest BCUT2D eigenvalue weighted by Crippen LogP contribution is -2.57. The van der Waals surface area contributed by atoms with Crippen molar-refractivity contribution in [2.45, 2.75) is 62.4 Å². The predicted octanol–water partition coefficient (Wildman–Crippen LogP) is 4.73. The lowest BCUT2D eigenvalue weighted by molar-refractivity contribution is -0.387. The monoisotopic (exact) mass is 504 g/mol. The molecular formula is C24H32N2O6SSi. The third-order valence-electron chi connectivity index (χ3n) is 6.09. The molecule has 0 saturated heterocycles. The predicted molar refractivity (Wildman–Crippen MR) is 135 cm³/mol. The molecule has 0 heterocycles. The summed E-state index contributed by atoms with van der Waals surface area (Å²) >= 11 is 0. The third-order valence-corrected chi connectivity index (χ3v) is 12.1. The van der Waals surface area contributed by atoms with Gasteiger partial charge in [0.05, 0.1) is 17.6 Å². The molecule has 184 valence electrons. The SMILES string of the molecule is C#C[C@@](C)(Oc1ccccc1)[C@@H](CO[Si](C)(C)C(C)(C)C)NS(=O)(=O)c1ccccc1[N+](=O)[O-]. The fourth-order valence-electron chi connectivity index (χ4n) is 2.83. The molecule has 2 atom stereocenters. The van der Waals surface area contributed by atoms with Crippen LogP contribution in [0.4, 0.5) is 5.69 Å². The van der Waals surface area contributed by atoms with Gasteiger partial charge in [0, 0.05) is 6.07 Å². The Labute approximate surface area is 203 Å². The summed E-state index contributed by atoms with van der Waals surface area (Å²) in [5.41, 5.74) is -1.99. The van der Waals surface area contributed by atoms with E-state index < -0.39 is 45.5 Å². The minimum absolute atomic E-state index is 0.0795. The molecule has 0 bridgehead atoms. The zero-order chi connectivity index (χ0) is 25.8. The Morgan fingerprint density at radius 2 is 1.65 bits per heavy atom. The van der Waals surface area contributed by atoms with E-state index in [0.717, 1.165) is 6.07 Å². The molecule has 0 fully saturated rings. The molecule has 2 rings (SSSR count). The standard InChI is InChI=1S/C24H32N2O6SSi/c1-8-24(5,32-19-14-10-9-11-15-19)22(18-31-34(6,7)23(2,3)4)25-33(29,30)21-17-13-12-16-20(21)26(27)28/h1,9-17,22,25H,18H2,2-7H3/t22-,24-/m1/s1. The van der Waals surface area contributed by atoms with Gasteiger partial charge in [-0.05, 0) is 43.3 Å². The van der Waals surface area contributed by atoms with Crippen LogP contribution in [0.3, 0.4) is 0 Å². The Bertz CT molecular complexity index is 1160. The lowest BCUT2D eigenvalue weighted by Gasteiger charge is -2.40. The number of nitrogens with zero attached hydrogens (tertiary/aromatic N) is 1. The van der Waals surface area contributed by atoms with Gasteiger partial charge in [-0.25, -0.2) is 13.1 Å². The van der Waals surface area contributed by atoms with Gasteiger partial charge in [0.2, 0.25) is 10.0 Å². The number of sulfonamides is 1. The average Bonchev–Trinajstić information content (AvgIpc) is 2.76. The molecule has 10 heteroatoms. The lowest BCUT2D eigenvalue weighted by atomic mass is 9.98. The molecule has 0 unspecified atom stereocenters. The highest BCUT2D eigenvalue weighted by Crippen LogP contribution is 2.37. The quantitative estimate of drug-likeness (QED) is 0.217. The first kappa shape index (κ1) is 27.5. The van der Waals surface area contributed by atoms with Crippen molar-refractivity contribution in [2.24, 2.45) is 0 Å². The fourth-order valence-corrected chi connectivity index (χ4v) is 5.32. The van der Waals surface area contributed by atoms with Crippen LogP contribution in [0.2, 0.25) is 18.1 Å². The number of terminal acetylenes is 1. The first-order valence-electron chi connectivity index (χ1n) is 10.7. The van der Waals surface area contributed by atoms with E-state index in [4.69, 9.17) is 15.6 Å². The summed E-state index contributed by atoms with van der Waals surface area (Å²) in [7, 11) is -6.66. The zero-order valence-electron chi connectivity index (χ0n) is 20.4. The zero-order valence-corrected chi connectivity index (χ0v) is 22.2. The average molecular weight is 505 g/mol. The van der Waals surface area contributed by atoms with Gasteiger partial charge in [-0.1, -0.05) is 57.0 Å². The van der Waals surface area contributed by atoms with E-state index >= 15 is 0 Å². The van der Waals surface area contributed by atoms with Gasteiger partial charge in [-0.15, -0.1) is 6.42 Å². The van der Waals surface area contributed by atoms with Crippen molar-refractivity contribution in [3.8, 4) is 18.1 Å². The Balaban J connectivity index is 2.50. The number of benzene rings is 2. The van der Waals surface area contributed by atoms with Crippen LogP contribution in [0.1, 0.15) is 27.7 Å². The van der Waals surface area contributed by atoms with Gasteiger partial charge in [0.25, 0.3) is 5.69 Å². The van der Waals surface area contributed by atoms with Crippen LogP contribution >= 0.6 is 0 Å². The van der Waals surface area contributed by atoms with Gasteiger partial charge >= 0.3 is 0 Å². The van der Waals surface area contributed by atoms with E-state index in [1.165, 1.54) is 18.2 Å². The van der Waals surface area contributed by atoms with Gasteiger partial charge in [-0.3, -0.25) is 10.1 Å². The number of nitrogens with one attached hydrogen (secondary N) is 1. The number of nitro benzene ring substituents is 1. The topological polar surface area (TPSA) is 108 Å².